The zero-order chi connectivity index (χ0) is 14.3. The highest BCUT2D eigenvalue weighted by molar-refractivity contribution is 5.78. The molecule has 0 bridgehead atoms. The fourth-order valence-corrected chi connectivity index (χ4v) is 3.73. The summed E-state index contributed by atoms with van der Waals surface area (Å²) >= 11 is 0. The molecule has 2 heterocycles. The summed E-state index contributed by atoms with van der Waals surface area (Å²) < 4.78 is 0. The van der Waals surface area contributed by atoms with Gasteiger partial charge in [0.1, 0.15) is 5.54 Å². The fraction of sp³-hybridized carbons (Fsp3) is 0.933. The summed E-state index contributed by atoms with van der Waals surface area (Å²) in [5, 5.41) is 13.0. The van der Waals surface area contributed by atoms with Gasteiger partial charge in [-0.2, -0.15) is 0 Å². The topological polar surface area (TPSA) is 55.8 Å². The van der Waals surface area contributed by atoms with Crippen LogP contribution in [-0.4, -0.2) is 70.7 Å². The van der Waals surface area contributed by atoms with E-state index in [2.05, 4.69) is 22.0 Å². The number of carbonyl (C=O) groups is 1. The van der Waals surface area contributed by atoms with Crippen molar-refractivity contribution in [2.24, 2.45) is 0 Å². The van der Waals surface area contributed by atoms with Gasteiger partial charge in [-0.25, -0.2) is 0 Å². The molecule has 3 rings (SSSR count). The van der Waals surface area contributed by atoms with E-state index in [0.717, 1.165) is 25.9 Å². The lowest BCUT2D eigenvalue weighted by Crippen LogP contribution is -2.63. The summed E-state index contributed by atoms with van der Waals surface area (Å²) in [5.41, 5.74) is -0.809. The molecule has 1 saturated carbocycles. The third-order valence-corrected chi connectivity index (χ3v) is 5.16. The third kappa shape index (κ3) is 2.85. The number of hydrogen-bond acceptors (Lipinski definition) is 4. The summed E-state index contributed by atoms with van der Waals surface area (Å²) in [6.45, 7) is 8.03. The molecule has 2 aliphatic heterocycles. The minimum Gasteiger partial charge on any atom is -0.480 e. The van der Waals surface area contributed by atoms with Crippen LogP contribution in [0.1, 0.15) is 39.5 Å². The highest BCUT2D eigenvalue weighted by atomic mass is 16.4. The van der Waals surface area contributed by atoms with Crippen LogP contribution in [0, 0.1) is 0 Å². The Bertz CT molecular complexity index is 385. The molecule has 1 aliphatic carbocycles. The predicted octanol–water partition coefficient (Wildman–Crippen LogP) is 0.750. The predicted molar refractivity (Wildman–Crippen MR) is 77.8 cm³/mol. The Morgan fingerprint density at radius 3 is 2.75 bits per heavy atom. The second-order valence-corrected chi connectivity index (χ2v) is 7.13. The lowest BCUT2D eigenvalue weighted by Gasteiger charge is -2.45. The number of nitrogens with one attached hydrogen (secondary N) is 1. The van der Waals surface area contributed by atoms with E-state index in [1.165, 1.54) is 19.4 Å². The average Bonchev–Trinajstić information content (AvgIpc) is 3.06. The van der Waals surface area contributed by atoms with Crippen LogP contribution in [0.25, 0.3) is 0 Å². The summed E-state index contributed by atoms with van der Waals surface area (Å²) in [6.07, 6.45) is 4.80. The maximum absolute atomic E-state index is 11.7. The van der Waals surface area contributed by atoms with Crippen molar-refractivity contribution < 1.29 is 9.90 Å². The Hall–Kier alpha value is -0.650. The second kappa shape index (κ2) is 5.28. The smallest absolute Gasteiger partial charge is 0.324 e. The monoisotopic (exact) mass is 281 g/mol. The first kappa shape index (κ1) is 14.3. The van der Waals surface area contributed by atoms with E-state index in [4.69, 9.17) is 0 Å². The fourth-order valence-electron chi connectivity index (χ4n) is 3.73. The number of carboxylic acids is 1. The number of rotatable bonds is 5. The first-order valence-electron chi connectivity index (χ1n) is 7.97. The number of hydrogen-bond donors (Lipinski definition) is 2. The van der Waals surface area contributed by atoms with Gasteiger partial charge in [-0.05, 0) is 46.1 Å². The van der Waals surface area contributed by atoms with Crippen molar-refractivity contribution in [1.29, 1.82) is 0 Å². The number of piperazine rings is 1. The van der Waals surface area contributed by atoms with E-state index in [-0.39, 0.29) is 0 Å². The van der Waals surface area contributed by atoms with Gasteiger partial charge in [0.15, 0.2) is 0 Å². The van der Waals surface area contributed by atoms with E-state index < -0.39 is 11.5 Å². The Kier molecular flexibility index (Phi) is 3.77. The van der Waals surface area contributed by atoms with Crippen LogP contribution in [0.15, 0.2) is 0 Å². The third-order valence-electron chi connectivity index (χ3n) is 5.16. The molecule has 5 nitrogen and oxygen atoms in total. The van der Waals surface area contributed by atoms with Gasteiger partial charge in [-0.15, -0.1) is 0 Å². The van der Waals surface area contributed by atoms with Gasteiger partial charge in [0, 0.05) is 37.8 Å². The standard InChI is InChI=1S/C15H27N3O2/c1-11-8-17-7-3-4-13(17)9-18(11)10-15(2,14(19)20)16-12-5-6-12/h11-13,16H,3-10H2,1-2H3,(H,19,20). The molecule has 2 saturated heterocycles. The maximum Gasteiger partial charge on any atom is 0.324 e. The first-order valence-corrected chi connectivity index (χ1v) is 7.97. The molecule has 5 heteroatoms. The van der Waals surface area contributed by atoms with Crippen LogP contribution in [0.2, 0.25) is 0 Å². The van der Waals surface area contributed by atoms with Crippen LogP contribution in [0.3, 0.4) is 0 Å². The molecule has 2 N–H and O–H groups in total. The number of carboxylic acid groups (broad SMARTS) is 1. The SMILES string of the molecule is CC1CN2CCCC2CN1CC(C)(NC1CC1)C(=O)O. The highest BCUT2D eigenvalue weighted by Gasteiger charge is 2.43. The Balaban J connectivity index is 1.66. The largest absolute Gasteiger partial charge is 0.480 e. The molecular formula is C15H27N3O2. The molecule has 0 aromatic rings. The van der Waals surface area contributed by atoms with Gasteiger partial charge < -0.3 is 5.11 Å². The Labute approximate surface area is 121 Å². The molecule has 0 radical (unpaired) electrons. The highest BCUT2D eigenvalue weighted by Crippen LogP contribution is 2.27. The summed E-state index contributed by atoms with van der Waals surface area (Å²) in [6, 6.07) is 1.51. The molecule has 114 valence electrons. The van der Waals surface area contributed by atoms with Gasteiger partial charge in [-0.3, -0.25) is 19.9 Å². The van der Waals surface area contributed by atoms with Crippen molar-refractivity contribution in [1.82, 2.24) is 15.1 Å². The lowest BCUT2D eigenvalue weighted by molar-refractivity contribution is -0.145. The molecule has 0 amide bonds. The molecule has 3 fully saturated rings. The van der Waals surface area contributed by atoms with Crippen molar-refractivity contribution in [3.05, 3.63) is 0 Å². The molecule has 0 aromatic heterocycles. The number of aliphatic carboxylic acids is 1. The van der Waals surface area contributed by atoms with Crippen LogP contribution in [0.5, 0.6) is 0 Å². The zero-order valence-electron chi connectivity index (χ0n) is 12.6. The summed E-state index contributed by atoms with van der Waals surface area (Å²) in [5.74, 6) is -0.717. The minimum absolute atomic E-state index is 0.416. The quantitative estimate of drug-likeness (QED) is 0.779. The summed E-state index contributed by atoms with van der Waals surface area (Å²) in [7, 11) is 0. The molecule has 0 aromatic carbocycles. The van der Waals surface area contributed by atoms with Gasteiger partial charge in [0.25, 0.3) is 0 Å². The normalized spacial score (nSPS) is 34.7. The maximum atomic E-state index is 11.7. The van der Waals surface area contributed by atoms with E-state index >= 15 is 0 Å². The number of fused-ring (bicyclic) bond motifs is 1. The molecule has 3 unspecified atom stereocenters. The average molecular weight is 281 g/mol. The zero-order valence-corrected chi connectivity index (χ0v) is 12.6. The van der Waals surface area contributed by atoms with Gasteiger partial charge >= 0.3 is 5.97 Å². The van der Waals surface area contributed by atoms with Crippen molar-refractivity contribution in [3.8, 4) is 0 Å². The molecule has 3 atom stereocenters. The number of nitrogens with zero attached hydrogens (tertiary/aromatic N) is 2. The van der Waals surface area contributed by atoms with E-state index in [1.54, 1.807) is 0 Å². The first-order chi connectivity index (χ1) is 9.48. The molecule has 3 aliphatic rings. The lowest BCUT2D eigenvalue weighted by atomic mass is 9.98. The Morgan fingerprint density at radius 1 is 1.35 bits per heavy atom. The van der Waals surface area contributed by atoms with Crippen molar-refractivity contribution >= 4 is 5.97 Å². The Morgan fingerprint density at radius 2 is 2.10 bits per heavy atom. The molecule has 20 heavy (non-hydrogen) atoms. The summed E-state index contributed by atoms with van der Waals surface area (Å²) in [4.78, 5) is 16.7. The van der Waals surface area contributed by atoms with E-state index in [0.29, 0.717) is 24.7 Å². The molecule has 0 spiro atoms. The minimum atomic E-state index is -0.809. The van der Waals surface area contributed by atoms with Gasteiger partial charge in [0.2, 0.25) is 0 Å². The van der Waals surface area contributed by atoms with Crippen LogP contribution in [0.4, 0.5) is 0 Å². The van der Waals surface area contributed by atoms with E-state index in [9.17, 15) is 9.90 Å². The van der Waals surface area contributed by atoms with Crippen LogP contribution >= 0.6 is 0 Å². The van der Waals surface area contributed by atoms with Crippen LogP contribution < -0.4 is 5.32 Å². The van der Waals surface area contributed by atoms with Crippen LogP contribution in [-0.2, 0) is 4.79 Å². The molecular weight excluding hydrogens is 254 g/mol. The van der Waals surface area contributed by atoms with E-state index in [1.807, 2.05) is 6.92 Å². The van der Waals surface area contributed by atoms with Gasteiger partial charge in [0.05, 0.1) is 0 Å². The van der Waals surface area contributed by atoms with Crippen molar-refractivity contribution in [2.45, 2.75) is 63.2 Å². The van der Waals surface area contributed by atoms with Crippen molar-refractivity contribution in [3.63, 3.8) is 0 Å². The second-order valence-electron chi connectivity index (χ2n) is 7.13. The van der Waals surface area contributed by atoms with Crippen molar-refractivity contribution in [2.75, 3.05) is 26.2 Å². The van der Waals surface area contributed by atoms with Gasteiger partial charge in [-0.1, -0.05) is 0 Å².